The molecule has 9 heavy (non-hydrogen) atoms. The van der Waals surface area contributed by atoms with E-state index in [9.17, 15) is 0 Å². The lowest BCUT2D eigenvalue weighted by Crippen LogP contribution is -1.89. The van der Waals surface area contributed by atoms with Crippen LogP contribution in [0, 0.1) is 11.6 Å². The number of anilines is 1. The smallest absolute Gasteiger partial charge is 0.105 e. The van der Waals surface area contributed by atoms with Gasteiger partial charge < -0.3 is 10.7 Å². The third-order valence-corrected chi connectivity index (χ3v) is 1.41. The molecule has 0 amide bonds. The molecule has 1 aromatic heterocycles. The molecule has 0 saturated heterocycles. The van der Waals surface area contributed by atoms with Crippen molar-refractivity contribution >= 4 is 17.9 Å². The van der Waals surface area contributed by atoms with Gasteiger partial charge in [-0.3, -0.25) is 0 Å². The van der Waals surface area contributed by atoms with Crippen molar-refractivity contribution in [2.75, 3.05) is 5.73 Å². The zero-order chi connectivity index (χ0) is 6.85. The summed E-state index contributed by atoms with van der Waals surface area (Å²) in [5, 5.41) is 0. The van der Waals surface area contributed by atoms with E-state index in [0.717, 1.165) is 11.3 Å². The summed E-state index contributed by atoms with van der Waals surface area (Å²) in [6.45, 7) is 1.93. The van der Waals surface area contributed by atoms with Crippen LogP contribution in [0.3, 0.4) is 0 Å². The number of pyridine rings is 1. The Morgan fingerprint density at radius 2 is 2.33 bits per heavy atom. The van der Waals surface area contributed by atoms with E-state index in [4.69, 9.17) is 18.0 Å². The SMILES string of the molecule is Cc1c[nH]c(=S)cc1N. The second-order valence-electron chi connectivity index (χ2n) is 1.94. The number of nitrogen functional groups attached to an aromatic ring is 1. The quantitative estimate of drug-likeness (QED) is 0.538. The van der Waals surface area contributed by atoms with Gasteiger partial charge in [0, 0.05) is 11.9 Å². The van der Waals surface area contributed by atoms with Gasteiger partial charge in [0.25, 0.3) is 0 Å². The van der Waals surface area contributed by atoms with Crippen molar-refractivity contribution in [1.29, 1.82) is 0 Å². The highest BCUT2D eigenvalue weighted by molar-refractivity contribution is 7.71. The van der Waals surface area contributed by atoms with Crippen LogP contribution >= 0.6 is 12.2 Å². The molecule has 0 aliphatic carbocycles. The van der Waals surface area contributed by atoms with E-state index in [0.29, 0.717) is 4.64 Å². The number of hydrogen-bond acceptors (Lipinski definition) is 2. The Hall–Kier alpha value is -0.830. The molecule has 0 unspecified atom stereocenters. The van der Waals surface area contributed by atoms with Gasteiger partial charge in [-0.25, -0.2) is 0 Å². The molecule has 3 heteroatoms. The fourth-order valence-corrected chi connectivity index (χ4v) is 0.745. The number of aryl methyl sites for hydroxylation is 1. The van der Waals surface area contributed by atoms with Crippen LogP contribution in [0.15, 0.2) is 12.3 Å². The van der Waals surface area contributed by atoms with Crippen LogP contribution in [-0.4, -0.2) is 4.98 Å². The molecule has 0 saturated carbocycles. The average molecular weight is 140 g/mol. The third kappa shape index (κ3) is 1.29. The molecular formula is C6H8N2S. The van der Waals surface area contributed by atoms with Gasteiger partial charge in [-0.15, -0.1) is 0 Å². The van der Waals surface area contributed by atoms with Crippen LogP contribution in [0.1, 0.15) is 5.56 Å². The Bertz CT molecular complexity index is 264. The van der Waals surface area contributed by atoms with Crippen molar-refractivity contribution in [3.8, 4) is 0 Å². The molecule has 2 nitrogen and oxygen atoms in total. The molecule has 0 bridgehead atoms. The highest BCUT2D eigenvalue weighted by Crippen LogP contribution is 2.06. The molecule has 48 valence electrons. The fourth-order valence-electron chi connectivity index (χ4n) is 0.559. The number of aromatic amines is 1. The summed E-state index contributed by atoms with van der Waals surface area (Å²) in [4.78, 5) is 2.88. The number of rotatable bonds is 0. The van der Waals surface area contributed by atoms with Crippen molar-refractivity contribution in [2.45, 2.75) is 6.92 Å². The van der Waals surface area contributed by atoms with E-state index in [1.807, 2.05) is 6.92 Å². The summed E-state index contributed by atoms with van der Waals surface area (Å²) >= 11 is 4.82. The molecule has 0 aliphatic rings. The van der Waals surface area contributed by atoms with E-state index in [1.165, 1.54) is 0 Å². The molecule has 0 aromatic carbocycles. The molecular weight excluding hydrogens is 132 g/mol. The lowest BCUT2D eigenvalue weighted by Gasteiger charge is -1.95. The molecule has 1 aromatic rings. The van der Waals surface area contributed by atoms with Crippen molar-refractivity contribution in [1.82, 2.24) is 4.98 Å². The van der Waals surface area contributed by atoms with Gasteiger partial charge in [0.15, 0.2) is 0 Å². The Balaban J connectivity index is 3.34. The highest BCUT2D eigenvalue weighted by Gasteiger charge is 1.87. The summed E-state index contributed by atoms with van der Waals surface area (Å²) in [5.41, 5.74) is 7.31. The normalized spacial score (nSPS) is 9.44. The van der Waals surface area contributed by atoms with Crippen LogP contribution in [-0.2, 0) is 0 Å². The summed E-state index contributed by atoms with van der Waals surface area (Å²) in [6, 6.07) is 1.74. The van der Waals surface area contributed by atoms with Gasteiger partial charge in [-0.2, -0.15) is 0 Å². The molecule has 0 spiro atoms. The maximum atomic E-state index is 5.53. The molecule has 0 aliphatic heterocycles. The van der Waals surface area contributed by atoms with Gasteiger partial charge >= 0.3 is 0 Å². The first kappa shape index (κ1) is 6.29. The van der Waals surface area contributed by atoms with Gasteiger partial charge in [0.2, 0.25) is 0 Å². The lowest BCUT2D eigenvalue weighted by molar-refractivity contribution is 1.25. The summed E-state index contributed by atoms with van der Waals surface area (Å²) in [7, 11) is 0. The summed E-state index contributed by atoms with van der Waals surface area (Å²) < 4.78 is 0.679. The van der Waals surface area contributed by atoms with Crippen molar-refractivity contribution in [3.05, 3.63) is 22.5 Å². The van der Waals surface area contributed by atoms with Crippen LogP contribution in [0.4, 0.5) is 5.69 Å². The molecule has 3 N–H and O–H groups in total. The third-order valence-electron chi connectivity index (χ3n) is 1.17. The van der Waals surface area contributed by atoms with Crippen LogP contribution < -0.4 is 5.73 Å². The number of H-pyrrole nitrogens is 1. The maximum absolute atomic E-state index is 5.53. The Kier molecular flexibility index (Phi) is 1.53. The van der Waals surface area contributed by atoms with E-state index < -0.39 is 0 Å². The Morgan fingerprint density at radius 1 is 1.67 bits per heavy atom. The second-order valence-corrected chi connectivity index (χ2v) is 2.38. The van der Waals surface area contributed by atoms with E-state index in [-0.39, 0.29) is 0 Å². The Labute approximate surface area is 58.7 Å². The lowest BCUT2D eigenvalue weighted by atomic mass is 10.3. The zero-order valence-electron chi connectivity index (χ0n) is 5.14. The van der Waals surface area contributed by atoms with Gasteiger partial charge in [0.05, 0.1) is 0 Å². The van der Waals surface area contributed by atoms with E-state index in [2.05, 4.69) is 4.98 Å². The molecule has 1 rings (SSSR count). The fraction of sp³-hybridized carbons (Fsp3) is 0.167. The van der Waals surface area contributed by atoms with Gasteiger partial charge in [-0.1, -0.05) is 12.2 Å². The first-order valence-corrected chi connectivity index (χ1v) is 3.06. The number of nitrogens with one attached hydrogen (secondary N) is 1. The Morgan fingerprint density at radius 3 is 2.78 bits per heavy atom. The monoisotopic (exact) mass is 140 g/mol. The minimum absolute atomic E-state index is 0.679. The standard InChI is InChI=1S/C6H8N2S/c1-4-3-8-6(9)2-5(4)7/h2-3H,1H3,(H3,7,8,9). The van der Waals surface area contributed by atoms with Crippen molar-refractivity contribution in [3.63, 3.8) is 0 Å². The first-order valence-electron chi connectivity index (χ1n) is 2.65. The highest BCUT2D eigenvalue weighted by atomic mass is 32.1. The van der Waals surface area contributed by atoms with Crippen LogP contribution in [0.2, 0.25) is 0 Å². The zero-order valence-corrected chi connectivity index (χ0v) is 5.96. The van der Waals surface area contributed by atoms with Crippen LogP contribution in [0.25, 0.3) is 0 Å². The predicted molar refractivity (Wildman–Crippen MR) is 40.8 cm³/mol. The van der Waals surface area contributed by atoms with Gasteiger partial charge in [-0.05, 0) is 18.6 Å². The summed E-state index contributed by atoms with van der Waals surface area (Å²) in [5.74, 6) is 0. The molecule has 1 heterocycles. The first-order chi connectivity index (χ1) is 4.20. The summed E-state index contributed by atoms with van der Waals surface area (Å²) in [6.07, 6.45) is 1.80. The van der Waals surface area contributed by atoms with E-state index >= 15 is 0 Å². The molecule has 0 radical (unpaired) electrons. The van der Waals surface area contributed by atoms with E-state index in [1.54, 1.807) is 12.3 Å². The number of nitrogens with two attached hydrogens (primary N) is 1. The minimum Gasteiger partial charge on any atom is -0.398 e. The van der Waals surface area contributed by atoms with Crippen molar-refractivity contribution in [2.24, 2.45) is 0 Å². The maximum Gasteiger partial charge on any atom is 0.105 e. The van der Waals surface area contributed by atoms with Gasteiger partial charge in [0.1, 0.15) is 4.64 Å². The largest absolute Gasteiger partial charge is 0.398 e. The predicted octanol–water partition coefficient (Wildman–Crippen LogP) is 1.63. The molecule has 0 atom stereocenters. The number of aromatic nitrogens is 1. The van der Waals surface area contributed by atoms with Crippen molar-refractivity contribution < 1.29 is 0 Å². The topological polar surface area (TPSA) is 41.8 Å². The van der Waals surface area contributed by atoms with Crippen LogP contribution in [0.5, 0.6) is 0 Å². The minimum atomic E-state index is 0.679. The second kappa shape index (κ2) is 2.19. The number of hydrogen-bond donors (Lipinski definition) is 2. The average Bonchev–Trinajstić information content (AvgIpc) is 1.80. The molecule has 0 fully saturated rings.